The van der Waals surface area contributed by atoms with Crippen molar-refractivity contribution in [1.82, 2.24) is 14.9 Å². The first-order valence-corrected chi connectivity index (χ1v) is 8.56. The summed E-state index contributed by atoms with van der Waals surface area (Å²) in [5, 5.41) is 3.15. The summed E-state index contributed by atoms with van der Waals surface area (Å²) >= 11 is 0. The normalized spacial score (nSPS) is 21.5. The van der Waals surface area contributed by atoms with Crippen LogP contribution in [-0.4, -0.2) is 56.7 Å². The van der Waals surface area contributed by atoms with Gasteiger partial charge in [-0.05, 0) is 33.2 Å². The Morgan fingerprint density at radius 3 is 2.58 bits per heavy atom. The minimum Gasteiger partial charge on any atom is -0.340 e. The number of hydrogen-bond donors (Lipinski definition) is 2. The van der Waals surface area contributed by atoms with Gasteiger partial charge >= 0.3 is 0 Å². The highest BCUT2D eigenvalue weighted by Crippen LogP contribution is 2.16. The highest BCUT2D eigenvalue weighted by Gasteiger charge is 2.34. The number of nitrogens with zero attached hydrogens (tertiary/aromatic N) is 1. The fraction of sp³-hybridized carbons (Fsp3) is 0.917. The van der Waals surface area contributed by atoms with Crippen molar-refractivity contribution in [3.8, 4) is 0 Å². The lowest BCUT2D eigenvalue weighted by Gasteiger charge is -2.37. The number of sulfonamides is 1. The molecule has 112 valence electrons. The van der Waals surface area contributed by atoms with E-state index in [2.05, 4.69) is 10.0 Å². The molecule has 1 saturated heterocycles. The maximum Gasteiger partial charge on any atom is 0.242 e. The third-order valence-electron chi connectivity index (χ3n) is 3.24. The lowest BCUT2D eigenvalue weighted by Crippen LogP contribution is -2.58. The highest BCUT2D eigenvalue weighted by atomic mass is 32.2. The summed E-state index contributed by atoms with van der Waals surface area (Å²) in [6.45, 7) is 7.52. The molecule has 0 aromatic carbocycles. The van der Waals surface area contributed by atoms with Gasteiger partial charge in [0, 0.05) is 19.1 Å². The molecule has 6 nitrogen and oxygen atoms in total. The first-order valence-electron chi connectivity index (χ1n) is 6.67. The SMILES string of the molecule is CCNC(C)(C)C(=O)N1CCCC(NS(C)(=O)=O)C1. The van der Waals surface area contributed by atoms with Crippen molar-refractivity contribution in [3.05, 3.63) is 0 Å². The largest absolute Gasteiger partial charge is 0.340 e. The van der Waals surface area contributed by atoms with Crippen LogP contribution in [0.4, 0.5) is 0 Å². The molecule has 1 amide bonds. The molecule has 1 fully saturated rings. The Bertz CT molecular complexity index is 420. The minimum absolute atomic E-state index is 0.0225. The average molecular weight is 291 g/mol. The third kappa shape index (κ3) is 5.08. The number of likely N-dealkylation sites (N-methyl/N-ethyl adjacent to an activating group) is 1. The van der Waals surface area contributed by atoms with Crippen molar-refractivity contribution in [1.29, 1.82) is 0 Å². The zero-order chi connectivity index (χ0) is 14.7. The van der Waals surface area contributed by atoms with Gasteiger partial charge in [-0.1, -0.05) is 6.92 Å². The van der Waals surface area contributed by atoms with Crippen molar-refractivity contribution >= 4 is 15.9 Å². The number of carbonyl (C=O) groups excluding carboxylic acids is 1. The van der Waals surface area contributed by atoms with Crippen molar-refractivity contribution < 1.29 is 13.2 Å². The molecule has 1 unspecified atom stereocenters. The van der Waals surface area contributed by atoms with Crippen LogP contribution in [0.25, 0.3) is 0 Å². The summed E-state index contributed by atoms with van der Waals surface area (Å²) in [5.41, 5.74) is -0.609. The summed E-state index contributed by atoms with van der Waals surface area (Å²) in [5.74, 6) is 0.0225. The van der Waals surface area contributed by atoms with Gasteiger partial charge in [-0.3, -0.25) is 4.79 Å². The molecule has 0 bridgehead atoms. The van der Waals surface area contributed by atoms with Gasteiger partial charge in [-0.15, -0.1) is 0 Å². The number of hydrogen-bond acceptors (Lipinski definition) is 4. The molecule has 0 aromatic rings. The summed E-state index contributed by atoms with van der Waals surface area (Å²) in [6, 6.07) is -0.176. The van der Waals surface area contributed by atoms with E-state index in [1.807, 2.05) is 20.8 Å². The van der Waals surface area contributed by atoms with E-state index in [-0.39, 0.29) is 11.9 Å². The second-order valence-corrected chi connectivity index (χ2v) is 7.42. The Kier molecular flexibility index (Phi) is 5.34. The van der Waals surface area contributed by atoms with E-state index in [0.29, 0.717) is 13.1 Å². The number of nitrogens with one attached hydrogen (secondary N) is 2. The Morgan fingerprint density at radius 2 is 2.05 bits per heavy atom. The summed E-state index contributed by atoms with van der Waals surface area (Å²) in [6.07, 6.45) is 2.75. The van der Waals surface area contributed by atoms with Crippen LogP contribution in [-0.2, 0) is 14.8 Å². The zero-order valence-corrected chi connectivity index (χ0v) is 13.0. The Labute approximate surface area is 116 Å². The molecule has 0 aromatic heterocycles. The Morgan fingerprint density at radius 1 is 1.42 bits per heavy atom. The molecule has 2 N–H and O–H groups in total. The molecular weight excluding hydrogens is 266 g/mol. The molecule has 1 rings (SSSR count). The van der Waals surface area contributed by atoms with Gasteiger partial charge in [0.05, 0.1) is 11.8 Å². The van der Waals surface area contributed by atoms with E-state index in [9.17, 15) is 13.2 Å². The smallest absolute Gasteiger partial charge is 0.242 e. The van der Waals surface area contributed by atoms with Crippen LogP contribution >= 0.6 is 0 Å². The van der Waals surface area contributed by atoms with Gasteiger partial charge in [-0.25, -0.2) is 13.1 Å². The van der Waals surface area contributed by atoms with Crippen LogP contribution in [0.2, 0.25) is 0 Å². The van der Waals surface area contributed by atoms with Gasteiger partial charge in [0.2, 0.25) is 15.9 Å². The fourth-order valence-corrected chi connectivity index (χ4v) is 3.27. The van der Waals surface area contributed by atoms with Gasteiger partial charge < -0.3 is 10.2 Å². The maximum absolute atomic E-state index is 12.4. The predicted molar refractivity (Wildman–Crippen MR) is 75.3 cm³/mol. The van der Waals surface area contributed by atoms with E-state index < -0.39 is 15.6 Å². The van der Waals surface area contributed by atoms with Gasteiger partial charge in [0.1, 0.15) is 0 Å². The minimum atomic E-state index is -3.22. The molecule has 1 aliphatic rings. The molecule has 0 saturated carbocycles. The van der Waals surface area contributed by atoms with Crippen LogP contribution in [0.15, 0.2) is 0 Å². The van der Waals surface area contributed by atoms with Crippen molar-refractivity contribution in [2.75, 3.05) is 25.9 Å². The molecule has 0 spiro atoms. The standard InChI is InChI=1S/C12H25N3O3S/c1-5-13-12(2,3)11(16)15-8-6-7-10(9-15)14-19(4,17)18/h10,13-14H,5-9H2,1-4H3. The van der Waals surface area contributed by atoms with Gasteiger partial charge in [0.15, 0.2) is 0 Å². The van der Waals surface area contributed by atoms with E-state index in [4.69, 9.17) is 0 Å². The molecule has 0 aliphatic carbocycles. The Balaban J connectivity index is 2.67. The van der Waals surface area contributed by atoms with E-state index >= 15 is 0 Å². The fourth-order valence-electron chi connectivity index (χ4n) is 2.47. The van der Waals surface area contributed by atoms with Crippen LogP contribution in [0.1, 0.15) is 33.6 Å². The number of piperidine rings is 1. The molecule has 19 heavy (non-hydrogen) atoms. The second-order valence-electron chi connectivity index (χ2n) is 5.64. The molecule has 0 radical (unpaired) electrons. The topological polar surface area (TPSA) is 78.5 Å². The molecular formula is C12H25N3O3S. The highest BCUT2D eigenvalue weighted by molar-refractivity contribution is 7.88. The first kappa shape index (κ1) is 16.4. The van der Waals surface area contributed by atoms with Crippen LogP contribution in [0.5, 0.6) is 0 Å². The number of likely N-dealkylation sites (tertiary alicyclic amines) is 1. The third-order valence-corrected chi connectivity index (χ3v) is 4.00. The van der Waals surface area contributed by atoms with E-state index in [1.165, 1.54) is 0 Å². The van der Waals surface area contributed by atoms with E-state index in [1.54, 1.807) is 4.90 Å². The van der Waals surface area contributed by atoms with Crippen molar-refractivity contribution in [3.63, 3.8) is 0 Å². The monoisotopic (exact) mass is 291 g/mol. The lowest BCUT2D eigenvalue weighted by molar-refractivity contribution is -0.138. The zero-order valence-electron chi connectivity index (χ0n) is 12.2. The number of carbonyl (C=O) groups is 1. The van der Waals surface area contributed by atoms with Crippen LogP contribution in [0, 0.1) is 0 Å². The number of amides is 1. The molecule has 7 heteroatoms. The molecule has 1 heterocycles. The average Bonchev–Trinajstić information content (AvgIpc) is 2.26. The summed E-state index contributed by atoms with van der Waals surface area (Å²) in [7, 11) is -3.22. The quantitative estimate of drug-likeness (QED) is 0.742. The molecule has 1 aliphatic heterocycles. The number of rotatable bonds is 5. The van der Waals surface area contributed by atoms with Crippen molar-refractivity contribution in [2.45, 2.75) is 45.2 Å². The summed E-state index contributed by atoms with van der Waals surface area (Å²) < 4.78 is 25.1. The van der Waals surface area contributed by atoms with Gasteiger partial charge in [-0.2, -0.15) is 0 Å². The molecule has 1 atom stereocenters. The van der Waals surface area contributed by atoms with E-state index in [0.717, 1.165) is 25.6 Å². The van der Waals surface area contributed by atoms with Crippen LogP contribution < -0.4 is 10.0 Å². The van der Waals surface area contributed by atoms with Crippen molar-refractivity contribution in [2.24, 2.45) is 0 Å². The first-order chi connectivity index (χ1) is 8.65. The Hall–Kier alpha value is -0.660. The maximum atomic E-state index is 12.4. The lowest BCUT2D eigenvalue weighted by atomic mass is 9.99. The van der Waals surface area contributed by atoms with Gasteiger partial charge in [0.25, 0.3) is 0 Å². The second kappa shape index (κ2) is 6.19. The van der Waals surface area contributed by atoms with Crippen LogP contribution in [0.3, 0.4) is 0 Å². The predicted octanol–water partition coefficient (Wildman–Crippen LogP) is -0.0853. The summed E-state index contributed by atoms with van der Waals surface area (Å²) in [4.78, 5) is 14.2.